The average molecular weight is 283 g/mol. The van der Waals surface area contributed by atoms with Crippen molar-refractivity contribution in [3.05, 3.63) is 35.9 Å². The van der Waals surface area contributed by atoms with Crippen molar-refractivity contribution in [3.63, 3.8) is 0 Å². The SMILES string of the molecule is CCCNc1nc2ccccc2cc1CN1CCC(C)C1. The largest absolute Gasteiger partial charge is 0.370 e. The molecule has 2 heterocycles. The van der Waals surface area contributed by atoms with Gasteiger partial charge < -0.3 is 5.32 Å². The van der Waals surface area contributed by atoms with Crippen LogP contribution in [-0.4, -0.2) is 29.5 Å². The van der Waals surface area contributed by atoms with Gasteiger partial charge >= 0.3 is 0 Å². The molecular weight excluding hydrogens is 258 g/mol. The Bertz CT molecular complexity index is 608. The quantitative estimate of drug-likeness (QED) is 0.902. The molecule has 0 amide bonds. The topological polar surface area (TPSA) is 28.2 Å². The first-order valence-electron chi connectivity index (χ1n) is 8.11. The molecule has 1 fully saturated rings. The van der Waals surface area contributed by atoms with Crippen LogP contribution in [-0.2, 0) is 6.54 Å². The van der Waals surface area contributed by atoms with E-state index in [0.717, 1.165) is 36.8 Å². The van der Waals surface area contributed by atoms with Crippen molar-refractivity contribution in [2.24, 2.45) is 5.92 Å². The number of nitrogens with one attached hydrogen (secondary N) is 1. The van der Waals surface area contributed by atoms with Crippen molar-refractivity contribution in [2.45, 2.75) is 33.2 Å². The highest BCUT2D eigenvalue weighted by Crippen LogP contribution is 2.24. The summed E-state index contributed by atoms with van der Waals surface area (Å²) in [4.78, 5) is 7.39. The number of aromatic nitrogens is 1. The number of likely N-dealkylation sites (tertiary alicyclic amines) is 1. The normalized spacial score (nSPS) is 19.2. The van der Waals surface area contributed by atoms with Crippen molar-refractivity contribution in [2.75, 3.05) is 25.0 Å². The van der Waals surface area contributed by atoms with Gasteiger partial charge in [-0.05, 0) is 37.4 Å². The Morgan fingerprint density at radius 2 is 2.19 bits per heavy atom. The molecule has 1 aliphatic rings. The van der Waals surface area contributed by atoms with Crippen LogP contribution in [0.4, 0.5) is 5.82 Å². The molecule has 112 valence electrons. The van der Waals surface area contributed by atoms with Gasteiger partial charge in [0.2, 0.25) is 0 Å². The highest BCUT2D eigenvalue weighted by Gasteiger charge is 2.20. The van der Waals surface area contributed by atoms with Crippen molar-refractivity contribution in [3.8, 4) is 0 Å². The van der Waals surface area contributed by atoms with Gasteiger partial charge in [-0.1, -0.05) is 32.0 Å². The molecule has 0 aliphatic carbocycles. The summed E-state index contributed by atoms with van der Waals surface area (Å²) < 4.78 is 0. The van der Waals surface area contributed by atoms with Crippen molar-refractivity contribution >= 4 is 16.7 Å². The maximum atomic E-state index is 4.84. The third-order valence-corrected chi connectivity index (χ3v) is 4.25. The molecule has 3 heteroatoms. The summed E-state index contributed by atoms with van der Waals surface area (Å²) in [5.41, 5.74) is 2.41. The summed E-state index contributed by atoms with van der Waals surface area (Å²) in [6, 6.07) is 10.7. The third kappa shape index (κ3) is 3.35. The Hall–Kier alpha value is -1.61. The molecule has 0 spiro atoms. The van der Waals surface area contributed by atoms with E-state index in [4.69, 9.17) is 4.98 Å². The van der Waals surface area contributed by atoms with Crippen molar-refractivity contribution in [1.29, 1.82) is 0 Å². The fourth-order valence-corrected chi connectivity index (χ4v) is 3.09. The maximum Gasteiger partial charge on any atom is 0.131 e. The van der Waals surface area contributed by atoms with E-state index in [9.17, 15) is 0 Å². The molecule has 0 saturated carbocycles. The predicted molar refractivity (Wildman–Crippen MR) is 89.6 cm³/mol. The van der Waals surface area contributed by atoms with Gasteiger partial charge in [0.25, 0.3) is 0 Å². The second-order valence-corrected chi connectivity index (χ2v) is 6.24. The molecular formula is C18H25N3. The molecule has 2 aromatic rings. The lowest BCUT2D eigenvalue weighted by Gasteiger charge is -2.18. The van der Waals surface area contributed by atoms with Crippen LogP contribution in [0.2, 0.25) is 0 Å². The minimum absolute atomic E-state index is 0.825. The molecule has 1 atom stereocenters. The van der Waals surface area contributed by atoms with E-state index >= 15 is 0 Å². The Morgan fingerprint density at radius 1 is 1.33 bits per heavy atom. The van der Waals surface area contributed by atoms with E-state index in [1.165, 1.54) is 30.5 Å². The van der Waals surface area contributed by atoms with Crippen LogP contribution in [0.15, 0.2) is 30.3 Å². The van der Waals surface area contributed by atoms with Crippen LogP contribution in [0.3, 0.4) is 0 Å². The van der Waals surface area contributed by atoms with E-state index in [1.807, 2.05) is 0 Å². The fourth-order valence-electron chi connectivity index (χ4n) is 3.09. The number of hydrogen-bond acceptors (Lipinski definition) is 3. The Balaban J connectivity index is 1.89. The van der Waals surface area contributed by atoms with E-state index < -0.39 is 0 Å². The minimum atomic E-state index is 0.825. The van der Waals surface area contributed by atoms with Crippen molar-refractivity contribution < 1.29 is 0 Å². The lowest BCUT2D eigenvalue weighted by atomic mass is 10.1. The summed E-state index contributed by atoms with van der Waals surface area (Å²) in [7, 11) is 0. The number of rotatable bonds is 5. The lowest BCUT2D eigenvalue weighted by Crippen LogP contribution is -2.21. The van der Waals surface area contributed by atoms with E-state index in [1.54, 1.807) is 0 Å². The Kier molecular flexibility index (Phi) is 4.39. The van der Waals surface area contributed by atoms with Gasteiger partial charge in [-0.2, -0.15) is 0 Å². The van der Waals surface area contributed by atoms with Crippen LogP contribution in [0.5, 0.6) is 0 Å². The van der Waals surface area contributed by atoms with Gasteiger partial charge in [0.15, 0.2) is 0 Å². The summed E-state index contributed by atoms with van der Waals surface area (Å²) >= 11 is 0. The number of fused-ring (bicyclic) bond motifs is 1. The molecule has 3 rings (SSSR count). The second kappa shape index (κ2) is 6.44. The van der Waals surface area contributed by atoms with E-state index in [2.05, 4.69) is 54.4 Å². The molecule has 1 aromatic carbocycles. The zero-order valence-corrected chi connectivity index (χ0v) is 13.1. The Morgan fingerprint density at radius 3 is 2.95 bits per heavy atom. The van der Waals surface area contributed by atoms with E-state index in [0.29, 0.717) is 0 Å². The van der Waals surface area contributed by atoms with Gasteiger partial charge in [0, 0.05) is 30.6 Å². The maximum absolute atomic E-state index is 4.84. The standard InChI is InChI=1S/C18H25N3/c1-3-9-19-18-16(13-21-10-8-14(2)12-21)11-15-6-4-5-7-17(15)20-18/h4-7,11,14H,3,8-10,12-13H2,1-2H3,(H,19,20). The molecule has 3 nitrogen and oxygen atoms in total. The number of nitrogens with zero attached hydrogens (tertiary/aromatic N) is 2. The Labute approximate surface area is 127 Å². The molecule has 1 aromatic heterocycles. The molecule has 1 aliphatic heterocycles. The molecule has 1 N–H and O–H groups in total. The molecule has 1 saturated heterocycles. The zero-order valence-electron chi connectivity index (χ0n) is 13.1. The van der Waals surface area contributed by atoms with Crippen LogP contribution >= 0.6 is 0 Å². The smallest absolute Gasteiger partial charge is 0.131 e. The van der Waals surface area contributed by atoms with Crippen LogP contribution in [0, 0.1) is 5.92 Å². The number of anilines is 1. The van der Waals surface area contributed by atoms with Gasteiger partial charge in [-0.15, -0.1) is 0 Å². The van der Waals surface area contributed by atoms with Crippen LogP contribution < -0.4 is 5.32 Å². The molecule has 21 heavy (non-hydrogen) atoms. The van der Waals surface area contributed by atoms with Crippen molar-refractivity contribution in [1.82, 2.24) is 9.88 Å². The predicted octanol–water partition coefficient (Wildman–Crippen LogP) is 3.90. The third-order valence-electron chi connectivity index (χ3n) is 4.25. The van der Waals surface area contributed by atoms with Crippen LogP contribution in [0.25, 0.3) is 10.9 Å². The number of benzene rings is 1. The fraction of sp³-hybridized carbons (Fsp3) is 0.500. The molecule has 1 unspecified atom stereocenters. The molecule has 0 radical (unpaired) electrons. The summed E-state index contributed by atoms with van der Waals surface area (Å²) in [5.74, 6) is 1.89. The van der Waals surface area contributed by atoms with E-state index in [-0.39, 0.29) is 0 Å². The van der Waals surface area contributed by atoms with Gasteiger partial charge in [-0.25, -0.2) is 4.98 Å². The first-order chi connectivity index (χ1) is 10.3. The number of para-hydroxylation sites is 1. The van der Waals surface area contributed by atoms with Gasteiger partial charge in [0.05, 0.1) is 5.52 Å². The monoisotopic (exact) mass is 283 g/mol. The highest BCUT2D eigenvalue weighted by atomic mass is 15.1. The first-order valence-corrected chi connectivity index (χ1v) is 8.11. The summed E-state index contributed by atoms with van der Waals surface area (Å²) in [5, 5.41) is 4.74. The molecule has 0 bridgehead atoms. The van der Waals surface area contributed by atoms with Gasteiger partial charge in [-0.3, -0.25) is 4.90 Å². The van der Waals surface area contributed by atoms with Crippen LogP contribution in [0.1, 0.15) is 32.3 Å². The lowest BCUT2D eigenvalue weighted by molar-refractivity contribution is 0.320. The average Bonchev–Trinajstić information content (AvgIpc) is 2.90. The first kappa shape index (κ1) is 14.3. The number of hydrogen-bond donors (Lipinski definition) is 1. The number of pyridine rings is 1. The second-order valence-electron chi connectivity index (χ2n) is 6.24. The van der Waals surface area contributed by atoms with Gasteiger partial charge in [0.1, 0.15) is 5.82 Å². The highest BCUT2D eigenvalue weighted by molar-refractivity contribution is 5.81. The minimum Gasteiger partial charge on any atom is -0.370 e. The summed E-state index contributed by atoms with van der Waals surface area (Å²) in [6.45, 7) is 8.94. The summed E-state index contributed by atoms with van der Waals surface area (Å²) in [6.07, 6.45) is 2.44. The zero-order chi connectivity index (χ0) is 14.7.